The van der Waals surface area contributed by atoms with Crippen molar-refractivity contribution < 1.29 is 23.9 Å². The maximum Gasteiger partial charge on any atom is 0.294 e. The van der Waals surface area contributed by atoms with E-state index in [2.05, 4.69) is 10.2 Å². The number of amides is 3. The van der Waals surface area contributed by atoms with E-state index in [1.165, 1.54) is 0 Å². The predicted molar refractivity (Wildman–Crippen MR) is 158 cm³/mol. The Morgan fingerprint density at radius 1 is 1.00 bits per heavy atom. The number of morpholine rings is 1. The van der Waals surface area contributed by atoms with E-state index in [-0.39, 0.29) is 18.1 Å². The summed E-state index contributed by atoms with van der Waals surface area (Å²) < 4.78 is 11.2. The van der Waals surface area contributed by atoms with E-state index in [1.54, 1.807) is 60.7 Å². The highest BCUT2D eigenvalue weighted by molar-refractivity contribution is 8.18. The third-order valence-corrected chi connectivity index (χ3v) is 7.78. The number of hydrogen-bond donors (Lipinski definition) is 1. The van der Waals surface area contributed by atoms with E-state index >= 15 is 0 Å². The van der Waals surface area contributed by atoms with E-state index in [9.17, 15) is 14.4 Å². The molecule has 0 saturated carbocycles. The molecule has 1 N–H and O–H groups in total. The molecule has 0 spiro atoms. The summed E-state index contributed by atoms with van der Waals surface area (Å²) in [6, 6.07) is 19.7. The van der Waals surface area contributed by atoms with Gasteiger partial charge in [0.15, 0.2) is 0 Å². The second-order valence-corrected chi connectivity index (χ2v) is 10.9. The minimum atomic E-state index is -0.509. The molecule has 0 radical (unpaired) electrons. The number of rotatable bonds is 8. The van der Waals surface area contributed by atoms with Gasteiger partial charge >= 0.3 is 0 Å². The number of thioether (sulfide) groups is 1. The fraction of sp³-hybridized carbons (Fsp3) is 0.207. The maximum atomic E-state index is 12.9. The molecule has 8 nitrogen and oxygen atoms in total. The molecule has 3 aromatic rings. The van der Waals surface area contributed by atoms with Crippen molar-refractivity contribution in [2.75, 3.05) is 43.1 Å². The van der Waals surface area contributed by atoms with Crippen LogP contribution in [0.1, 0.15) is 11.1 Å². The molecule has 2 heterocycles. The number of hydrogen-bond acceptors (Lipinski definition) is 7. The van der Waals surface area contributed by atoms with Crippen molar-refractivity contribution in [1.29, 1.82) is 0 Å². The van der Waals surface area contributed by atoms with Gasteiger partial charge in [0, 0.05) is 40.1 Å². The lowest BCUT2D eigenvalue weighted by atomic mass is 10.2. The van der Waals surface area contributed by atoms with Crippen LogP contribution in [0.25, 0.3) is 6.08 Å². The van der Waals surface area contributed by atoms with Gasteiger partial charge in [-0.05, 0) is 71.9 Å². The Kier molecular flexibility index (Phi) is 8.96. The van der Waals surface area contributed by atoms with Crippen LogP contribution in [0, 0.1) is 0 Å². The van der Waals surface area contributed by atoms with Gasteiger partial charge < -0.3 is 19.7 Å². The average Bonchev–Trinajstić information content (AvgIpc) is 3.21. The molecule has 0 atom stereocenters. The van der Waals surface area contributed by atoms with Gasteiger partial charge in [-0.25, -0.2) is 0 Å². The summed E-state index contributed by atoms with van der Waals surface area (Å²) in [6.45, 7) is 2.91. The zero-order chi connectivity index (χ0) is 28.1. The number of carbonyl (C=O) groups is 3. The Bertz CT molecular complexity index is 1440. The van der Waals surface area contributed by atoms with Crippen LogP contribution in [0.3, 0.4) is 0 Å². The molecule has 40 heavy (non-hydrogen) atoms. The van der Waals surface area contributed by atoms with Gasteiger partial charge in [-0.2, -0.15) is 0 Å². The number of imide groups is 1. The fourth-order valence-electron chi connectivity index (χ4n) is 4.17. The van der Waals surface area contributed by atoms with Crippen molar-refractivity contribution in [3.63, 3.8) is 0 Å². The third-order valence-electron chi connectivity index (χ3n) is 6.29. The minimum Gasteiger partial charge on any atom is -0.489 e. The Labute approximate surface area is 245 Å². The summed E-state index contributed by atoms with van der Waals surface area (Å²) in [5, 5.41) is 3.34. The van der Waals surface area contributed by atoms with E-state index < -0.39 is 17.1 Å². The predicted octanol–water partition coefficient (Wildman–Crippen LogP) is 6.08. The van der Waals surface area contributed by atoms with Gasteiger partial charge in [0.2, 0.25) is 5.91 Å². The van der Waals surface area contributed by atoms with Crippen molar-refractivity contribution in [3.8, 4) is 5.75 Å². The van der Waals surface area contributed by atoms with Crippen LogP contribution < -0.4 is 15.0 Å². The number of nitrogens with zero attached hydrogens (tertiary/aromatic N) is 2. The SMILES string of the molecule is O=C(CN1C(=O)S/C(=C/c2ccc(OCc3ccc(Cl)cc3Cl)cc2)C1=O)Nc1ccc(N2CCOCC2)cc1. The lowest BCUT2D eigenvalue weighted by Gasteiger charge is -2.28. The zero-order valence-electron chi connectivity index (χ0n) is 21.3. The smallest absolute Gasteiger partial charge is 0.294 e. The first kappa shape index (κ1) is 28.0. The van der Waals surface area contributed by atoms with Crippen LogP contribution in [-0.2, 0) is 20.9 Å². The van der Waals surface area contributed by atoms with Crippen LogP contribution in [0.4, 0.5) is 16.2 Å². The van der Waals surface area contributed by atoms with Crippen LogP contribution in [-0.4, -0.2) is 54.8 Å². The Balaban J connectivity index is 1.15. The molecule has 2 fully saturated rings. The molecule has 11 heteroatoms. The van der Waals surface area contributed by atoms with E-state index in [4.69, 9.17) is 32.7 Å². The maximum absolute atomic E-state index is 12.9. The highest BCUT2D eigenvalue weighted by atomic mass is 35.5. The highest BCUT2D eigenvalue weighted by Crippen LogP contribution is 2.32. The molecular weight excluding hydrogens is 573 g/mol. The quantitative estimate of drug-likeness (QED) is 0.315. The molecule has 2 aliphatic rings. The van der Waals surface area contributed by atoms with Gasteiger partial charge in [0.25, 0.3) is 11.1 Å². The number of ether oxygens (including phenoxy) is 2. The summed E-state index contributed by atoms with van der Waals surface area (Å²) in [6.07, 6.45) is 1.62. The highest BCUT2D eigenvalue weighted by Gasteiger charge is 2.36. The Morgan fingerprint density at radius 3 is 2.42 bits per heavy atom. The van der Waals surface area contributed by atoms with Crippen LogP contribution in [0.15, 0.2) is 71.6 Å². The van der Waals surface area contributed by atoms with Crippen LogP contribution >= 0.6 is 35.0 Å². The fourth-order valence-corrected chi connectivity index (χ4v) is 5.47. The second-order valence-electron chi connectivity index (χ2n) is 9.06. The summed E-state index contributed by atoms with van der Waals surface area (Å²) in [4.78, 5) is 41.4. The molecule has 0 unspecified atom stereocenters. The van der Waals surface area contributed by atoms with Gasteiger partial charge in [-0.1, -0.05) is 41.4 Å². The van der Waals surface area contributed by atoms with E-state index in [0.29, 0.717) is 40.3 Å². The number of nitrogens with one attached hydrogen (secondary N) is 1. The average molecular weight is 599 g/mol. The van der Waals surface area contributed by atoms with Gasteiger partial charge in [0.05, 0.1) is 18.1 Å². The second kappa shape index (κ2) is 12.8. The lowest BCUT2D eigenvalue weighted by molar-refractivity contribution is -0.127. The molecule has 0 bridgehead atoms. The zero-order valence-corrected chi connectivity index (χ0v) is 23.6. The Morgan fingerprint density at radius 2 is 1.73 bits per heavy atom. The van der Waals surface area contributed by atoms with Gasteiger partial charge in [-0.15, -0.1) is 0 Å². The normalized spacial score (nSPS) is 16.5. The number of benzene rings is 3. The van der Waals surface area contributed by atoms with E-state index in [1.807, 2.05) is 12.1 Å². The molecule has 206 valence electrons. The van der Waals surface area contributed by atoms with Gasteiger partial charge in [0.1, 0.15) is 18.9 Å². The molecule has 5 rings (SSSR count). The monoisotopic (exact) mass is 597 g/mol. The lowest BCUT2D eigenvalue weighted by Crippen LogP contribution is -2.36. The summed E-state index contributed by atoms with van der Waals surface area (Å²) in [5.41, 5.74) is 3.15. The molecular formula is C29H25Cl2N3O5S. The largest absolute Gasteiger partial charge is 0.489 e. The topological polar surface area (TPSA) is 88.2 Å². The molecule has 2 aliphatic heterocycles. The Hall–Kier alpha value is -3.50. The summed E-state index contributed by atoms with van der Waals surface area (Å²) in [5.74, 6) is -0.346. The molecule has 0 aromatic heterocycles. The third kappa shape index (κ3) is 6.98. The van der Waals surface area contributed by atoms with Crippen molar-refractivity contribution in [3.05, 3.63) is 92.8 Å². The van der Waals surface area contributed by atoms with Crippen LogP contribution in [0.2, 0.25) is 10.0 Å². The van der Waals surface area contributed by atoms with Crippen molar-refractivity contribution in [1.82, 2.24) is 4.90 Å². The number of carbonyl (C=O) groups excluding carboxylic acids is 3. The first-order valence-electron chi connectivity index (χ1n) is 12.5. The van der Waals surface area contributed by atoms with Crippen molar-refractivity contribution in [2.45, 2.75) is 6.61 Å². The minimum absolute atomic E-state index is 0.245. The van der Waals surface area contributed by atoms with Crippen molar-refractivity contribution in [2.24, 2.45) is 0 Å². The van der Waals surface area contributed by atoms with E-state index in [0.717, 1.165) is 41.0 Å². The van der Waals surface area contributed by atoms with Crippen LogP contribution in [0.5, 0.6) is 5.75 Å². The van der Waals surface area contributed by atoms with Crippen molar-refractivity contribution >= 4 is 69.5 Å². The molecule has 3 amide bonds. The molecule has 3 aromatic carbocycles. The standard InChI is InChI=1S/C29H25Cl2N3O5S/c30-21-4-3-20(25(31)16-21)18-39-24-9-1-19(2-10-24)15-26-28(36)34(29(37)40-26)17-27(35)32-22-5-7-23(8-6-22)33-11-13-38-14-12-33/h1-10,15-16H,11-14,17-18H2,(H,32,35)/b26-15+. The summed E-state index contributed by atoms with van der Waals surface area (Å²) >= 11 is 12.9. The molecule has 2 saturated heterocycles. The number of anilines is 2. The first-order chi connectivity index (χ1) is 19.4. The first-order valence-corrected chi connectivity index (χ1v) is 14.1. The summed E-state index contributed by atoms with van der Waals surface area (Å²) in [7, 11) is 0. The number of halogens is 2. The molecule has 0 aliphatic carbocycles. The van der Waals surface area contributed by atoms with Gasteiger partial charge in [-0.3, -0.25) is 19.3 Å².